The average Bonchev–Trinajstić information content (AvgIpc) is 3.36. The maximum absolute atomic E-state index is 13.9. The Kier molecular flexibility index (Phi) is 4.27. The molecule has 3 aromatic rings. The summed E-state index contributed by atoms with van der Waals surface area (Å²) in [6, 6.07) is 9.91. The van der Waals surface area contributed by atoms with E-state index in [1.165, 1.54) is 16.9 Å². The Morgan fingerprint density at radius 2 is 2.16 bits per heavy atom. The second-order valence-corrected chi connectivity index (χ2v) is 6.87. The van der Waals surface area contributed by atoms with Crippen molar-refractivity contribution in [3.05, 3.63) is 53.2 Å². The van der Waals surface area contributed by atoms with Crippen LogP contribution in [0.5, 0.6) is 0 Å². The van der Waals surface area contributed by atoms with E-state index >= 15 is 0 Å². The highest BCUT2D eigenvalue weighted by Crippen LogP contribution is 2.23. The lowest BCUT2D eigenvalue weighted by molar-refractivity contribution is 0.0713. The number of hydrogen-bond donors (Lipinski definition) is 0. The smallest absolute Gasteiger partial charge is 0.257 e. The van der Waals surface area contributed by atoms with Crippen LogP contribution in [0, 0.1) is 5.82 Å². The maximum Gasteiger partial charge on any atom is 0.257 e. The molecule has 1 aliphatic heterocycles. The summed E-state index contributed by atoms with van der Waals surface area (Å²) in [7, 11) is 0. The van der Waals surface area contributed by atoms with Crippen LogP contribution >= 0.6 is 11.3 Å². The van der Waals surface area contributed by atoms with Crippen molar-refractivity contribution in [2.75, 3.05) is 6.54 Å². The number of thiophene rings is 1. The van der Waals surface area contributed by atoms with Crippen LogP contribution in [-0.4, -0.2) is 43.6 Å². The molecule has 0 aliphatic carbocycles. The molecule has 1 amide bonds. The van der Waals surface area contributed by atoms with Gasteiger partial charge in [-0.3, -0.25) is 4.79 Å². The van der Waals surface area contributed by atoms with E-state index in [1.54, 1.807) is 28.4 Å². The molecular formula is C17H16FN5OS. The zero-order valence-electron chi connectivity index (χ0n) is 13.4. The molecule has 1 aromatic carbocycles. The minimum Gasteiger partial charge on any atom is -0.334 e. The Labute approximate surface area is 147 Å². The third-order valence-corrected chi connectivity index (χ3v) is 5.18. The molecule has 0 saturated carbocycles. The van der Waals surface area contributed by atoms with Crippen molar-refractivity contribution in [2.45, 2.75) is 25.4 Å². The number of aromatic nitrogens is 4. The number of rotatable bonds is 4. The molecule has 0 bridgehead atoms. The minimum atomic E-state index is -0.489. The molecule has 1 aliphatic rings. The molecule has 0 N–H and O–H groups in total. The number of amides is 1. The summed E-state index contributed by atoms with van der Waals surface area (Å²) >= 11 is 1.55. The highest BCUT2D eigenvalue weighted by molar-refractivity contribution is 7.13. The van der Waals surface area contributed by atoms with Gasteiger partial charge in [0.1, 0.15) is 5.82 Å². The van der Waals surface area contributed by atoms with Crippen molar-refractivity contribution in [1.29, 1.82) is 0 Å². The van der Waals surface area contributed by atoms with E-state index < -0.39 is 5.82 Å². The van der Waals surface area contributed by atoms with Gasteiger partial charge in [0.15, 0.2) is 0 Å². The van der Waals surface area contributed by atoms with Crippen LogP contribution in [-0.2, 0) is 6.54 Å². The van der Waals surface area contributed by atoms with Gasteiger partial charge in [0.25, 0.3) is 5.91 Å². The van der Waals surface area contributed by atoms with E-state index in [2.05, 4.69) is 15.4 Å². The number of halogens is 1. The molecule has 128 valence electrons. The highest BCUT2D eigenvalue weighted by Gasteiger charge is 2.31. The van der Waals surface area contributed by atoms with Crippen LogP contribution < -0.4 is 0 Å². The van der Waals surface area contributed by atoms with Crippen molar-refractivity contribution in [3.63, 3.8) is 0 Å². The van der Waals surface area contributed by atoms with Gasteiger partial charge >= 0.3 is 0 Å². The number of nitrogens with zero attached hydrogens (tertiary/aromatic N) is 5. The number of hydrogen-bond acceptors (Lipinski definition) is 5. The minimum absolute atomic E-state index is 0.0579. The van der Waals surface area contributed by atoms with Crippen LogP contribution in [0.3, 0.4) is 0 Å². The third kappa shape index (κ3) is 3.17. The van der Waals surface area contributed by atoms with Crippen LogP contribution in [0.25, 0.3) is 10.7 Å². The molecule has 1 fully saturated rings. The van der Waals surface area contributed by atoms with Crippen LogP contribution in [0.2, 0.25) is 0 Å². The quantitative estimate of drug-likeness (QED) is 0.720. The van der Waals surface area contributed by atoms with Gasteiger partial charge in [-0.2, -0.15) is 4.80 Å². The summed E-state index contributed by atoms with van der Waals surface area (Å²) in [4.78, 5) is 16.9. The zero-order valence-corrected chi connectivity index (χ0v) is 14.2. The van der Waals surface area contributed by atoms with Crippen LogP contribution in [0.4, 0.5) is 4.39 Å². The number of benzene rings is 1. The third-order valence-electron chi connectivity index (χ3n) is 4.31. The first-order chi connectivity index (χ1) is 12.2. The first-order valence-corrected chi connectivity index (χ1v) is 8.97. The molecule has 0 spiro atoms. The molecular weight excluding hydrogens is 341 g/mol. The SMILES string of the molecule is O=C(c1ccccc1F)N1CCC[C@H]1Cn1nnc(-c2cccs2)n1. The Bertz CT molecular complexity index is 879. The molecule has 6 nitrogen and oxygen atoms in total. The summed E-state index contributed by atoms with van der Waals surface area (Å²) in [6.45, 7) is 1.07. The summed E-state index contributed by atoms with van der Waals surface area (Å²) in [5, 5.41) is 14.5. The molecule has 4 rings (SSSR count). The molecule has 0 unspecified atom stereocenters. The molecule has 8 heteroatoms. The Hall–Kier alpha value is -2.61. The van der Waals surface area contributed by atoms with Gasteiger partial charge < -0.3 is 4.90 Å². The van der Waals surface area contributed by atoms with Gasteiger partial charge in [-0.05, 0) is 41.6 Å². The molecule has 2 aromatic heterocycles. The Morgan fingerprint density at radius 1 is 1.28 bits per heavy atom. The second-order valence-electron chi connectivity index (χ2n) is 5.92. The lowest BCUT2D eigenvalue weighted by atomic mass is 10.1. The van der Waals surface area contributed by atoms with E-state index in [-0.39, 0.29) is 17.5 Å². The summed E-state index contributed by atoms with van der Waals surface area (Å²) in [5.41, 5.74) is 0.111. The van der Waals surface area contributed by atoms with Crippen molar-refractivity contribution in [1.82, 2.24) is 25.1 Å². The summed E-state index contributed by atoms with van der Waals surface area (Å²) in [5.74, 6) is -0.184. The zero-order chi connectivity index (χ0) is 17.2. The fraction of sp³-hybridized carbons (Fsp3) is 0.294. The van der Waals surface area contributed by atoms with Gasteiger partial charge in [0.2, 0.25) is 5.82 Å². The van der Waals surface area contributed by atoms with Crippen molar-refractivity contribution in [2.24, 2.45) is 0 Å². The summed E-state index contributed by atoms with van der Waals surface area (Å²) in [6.07, 6.45) is 1.73. The van der Waals surface area contributed by atoms with Crippen LogP contribution in [0.15, 0.2) is 41.8 Å². The predicted molar refractivity (Wildman–Crippen MR) is 91.6 cm³/mol. The van der Waals surface area contributed by atoms with E-state index in [0.717, 1.165) is 17.7 Å². The van der Waals surface area contributed by atoms with Gasteiger partial charge in [-0.15, -0.1) is 21.5 Å². The van der Waals surface area contributed by atoms with Crippen LogP contribution in [0.1, 0.15) is 23.2 Å². The lowest BCUT2D eigenvalue weighted by Gasteiger charge is -2.24. The van der Waals surface area contributed by atoms with Gasteiger partial charge in [0, 0.05) is 6.54 Å². The standard InChI is InChI=1S/C17H16FN5OS/c18-14-7-2-1-6-13(14)17(24)22-9-3-5-12(22)11-23-20-16(19-21-23)15-8-4-10-25-15/h1-2,4,6-8,10,12H,3,5,9,11H2/t12-/m0/s1. The normalized spacial score (nSPS) is 17.2. The van der Waals surface area contributed by atoms with Crippen molar-refractivity contribution >= 4 is 17.2 Å². The first kappa shape index (κ1) is 15.9. The predicted octanol–water partition coefficient (Wildman–Crippen LogP) is 2.85. The van der Waals surface area contributed by atoms with Gasteiger partial charge in [-0.1, -0.05) is 18.2 Å². The largest absolute Gasteiger partial charge is 0.334 e. The lowest BCUT2D eigenvalue weighted by Crippen LogP contribution is -2.38. The number of likely N-dealkylation sites (tertiary alicyclic amines) is 1. The Morgan fingerprint density at radius 3 is 2.96 bits per heavy atom. The second kappa shape index (κ2) is 6.72. The molecule has 1 saturated heterocycles. The fourth-order valence-corrected chi connectivity index (χ4v) is 3.74. The van der Waals surface area contributed by atoms with E-state index in [4.69, 9.17) is 0 Å². The number of tetrazole rings is 1. The van der Waals surface area contributed by atoms with Gasteiger partial charge in [0.05, 0.1) is 23.0 Å². The van der Waals surface area contributed by atoms with E-state index in [1.807, 2.05) is 17.5 Å². The van der Waals surface area contributed by atoms with Crippen molar-refractivity contribution in [3.8, 4) is 10.7 Å². The summed E-state index contributed by atoms with van der Waals surface area (Å²) < 4.78 is 13.9. The van der Waals surface area contributed by atoms with E-state index in [0.29, 0.717) is 18.9 Å². The Balaban J connectivity index is 1.50. The monoisotopic (exact) mass is 357 g/mol. The van der Waals surface area contributed by atoms with Gasteiger partial charge in [-0.25, -0.2) is 4.39 Å². The highest BCUT2D eigenvalue weighted by atomic mass is 32.1. The number of carbonyl (C=O) groups excluding carboxylic acids is 1. The molecule has 1 atom stereocenters. The van der Waals surface area contributed by atoms with Crippen molar-refractivity contribution < 1.29 is 9.18 Å². The number of carbonyl (C=O) groups is 1. The maximum atomic E-state index is 13.9. The molecule has 0 radical (unpaired) electrons. The first-order valence-electron chi connectivity index (χ1n) is 8.09. The van der Waals surface area contributed by atoms with E-state index in [9.17, 15) is 9.18 Å². The fourth-order valence-electron chi connectivity index (χ4n) is 3.10. The molecule has 3 heterocycles. The average molecular weight is 357 g/mol. The topological polar surface area (TPSA) is 63.9 Å². The molecule has 25 heavy (non-hydrogen) atoms.